The molecule has 4 aliphatic rings. The first-order valence-electron chi connectivity index (χ1n) is 12.0. The fraction of sp³-hybridized carbons (Fsp3) is 0.773. The normalized spacial score (nSPS) is 30.3. The maximum atomic E-state index is 12.8. The third kappa shape index (κ3) is 4.24. The van der Waals surface area contributed by atoms with Crippen LogP contribution >= 0.6 is 0 Å². The second-order valence-electron chi connectivity index (χ2n) is 10.3. The molecule has 2 N–H and O–H groups in total. The van der Waals surface area contributed by atoms with Gasteiger partial charge in [-0.1, -0.05) is 0 Å². The number of likely N-dealkylation sites (tertiary alicyclic amines) is 1. The van der Waals surface area contributed by atoms with Crippen molar-refractivity contribution in [3.8, 4) is 0 Å². The maximum absolute atomic E-state index is 12.8. The highest BCUT2D eigenvalue weighted by atomic mass is 32.2. The number of piperidine rings is 1. The monoisotopic (exact) mass is 478 g/mol. The first-order valence-corrected chi connectivity index (χ1v) is 13.5. The van der Waals surface area contributed by atoms with Gasteiger partial charge in [-0.2, -0.15) is 4.98 Å². The molecule has 11 heteroatoms. The quantitative estimate of drug-likeness (QED) is 0.631. The van der Waals surface area contributed by atoms with Gasteiger partial charge in [0.1, 0.15) is 11.1 Å². The number of anilines is 2. The smallest absolute Gasteiger partial charge is 0.228 e. The molecule has 0 radical (unpaired) electrons. The highest BCUT2D eigenvalue weighted by molar-refractivity contribution is 7.89. The Kier molecular flexibility index (Phi) is 5.87. The van der Waals surface area contributed by atoms with Gasteiger partial charge >= 0.3 is 0 Å². The van der Waals surface area contributed by atoms with Gasteiger partial charge < -0.3 is 15.3 Å². The first-order chi connectivity index (χ1) is 15.6. The van der Waals surface area contributed by atoms with Crippen LogP contribution in [0.5, 0.6) is 0 Å². The molecule has 0 unspecified atom stereocenters. The van der Waals surface area contributed by atoms with E-state index in [0.29, 0.717) is 70.0 Å². The summed E-state index contributed by atoms with van der Waals surface area (Å²) in [5.74, 6) is 1.05. The molecule has 2 saturated heterocycles. The highest BCUT2D eigenvalue weighted by Gasteiger charge is 2.45. The van der Waals surface area contributed by atoms with Gasteiger partial charge in [-0.25, -0.2) is 17.7 Å². The SMILES string of the molecule is CN1CC(S(=O)(=O)N2CCC(Nc3ncc4c(n3)N([C@@H]3CCC[C@@]3(C)O)C(=O)CC4)CC2)C1. The van der Waals surface area contributed by atoms with Crippen molar-refractivity contribution < 1.29 is 18.3 Å². The number of nitrogens with one attached hydrogen (secondary N) is 1. The number of hydrogen-bond donors (Lipinski definition) is 2. The van der Waals surface area contributed by atoms with E-state index in [1.54, 1.807) is 22.3 Å². The van der Waals surface area contributed by atoms with Crippen LogP contribution in [0.25, 0.3) is 0 Å². The average Bonchev–Trinajstić information content (AvgIpc) is 3.10. The largest absolute Gasteiger partial charge is 0.388 e. The molecule has 1 aromatic heterocycles. The fourth-order valence-electron chi connectivity index (χ4n) is 5.67. The van der Waals surface area contributed by atoms with Crippen LogP contribution in [-0.4, -0.2) is 94.8 Å². The number of aryl methyl sites for hydroxylation is 1. The molecule has 0 aromatic carbocycles. The average molecular weight is 479 g/mol. The van der Waals surface area contributed by atoms with Crippen LogP contribution < -0.4 is 10.2 Å². The lowest BCUT2D eigenvalue weighted by atomic mass is 9.95. The number of amides is 1. The van der Waals surface area contributed by atoms with E-state index in [2.05, 4.69) is 10.3 Å². The van der Waals surface area contributed by atoms with Crippen LogP contribution in [0.2, 0.25) is 0 Å². The van der Waals surface area contributed by atoms with Crippen molar-refractivity contribution in [2.24, 2.45) is 0 Å². The summed E-state index contributed by atoms with van der Waals surface area (Å²) in [6, 6.07) is -0.202. The maximum Gasteiger partial charge on any atom is 0.228 e. The summed E-state index contributed by atoms with van der Waals surface area (Å²) in [7, 11) is -1.30. The van der Waals surface area contributed by atoms with E-state index >= 15 is 0 Å². The molecule has 33 heavy (non-hydrogen) atoms. The van der Waals surface area contributed by atoms with Crippen molar-refractivity contribution in [1.82, 2.24) is 19.2 Å². The Bertz CT molecular complexity index is 1020. The molecule has 4 heterocycles. The number of sulfonamides is 1. The standard InChI is InChI=1S/C22H34N6O4S/c1-22(30)9-3-4-18(22)28-19(29)6-5-15-12-23-21(25-20(15)28)24-16-7-10-27(11-8-16)33(31,32)17-13-26(2)14-17/h12,16-18,30H,3-11,13-14H2,1-2H3,(H,23,24,25)/t18-,22-/m1/s1. The van der Waals surface area contributed by atoms with E-state index in [0.717, 1.165) is 18.4 Å². The van der Waals surface area contributed by atoms with E-state index in [1.807, 2.05) is 11.9 Å². The van der Waals surface area contributed by atoms with Gasteiger partial charge in [0.2, 0.25) is 21.9 Å². The summed E-state index contributed by atoms with van der Waals surface area (Å²) in [6.07, 6.45) is 6.46. The molecule has 0 bridgehead atoms. The van der Waals surface area contributed by atoms with E-state index in [-0.39, 0.29) is 23.2 Å². The number of nitrogens with zero attached hydrogens (tertiary/aromatic N) is 5. The molecule has 1 saturated carbocycles. The molecule has 10 nitrogen and oxygen atoms in total. The van der Waals surface area contributed by atoms with Gasteiger partial charge in [-0.05, 0) is 52.5 Å². The topological polar surface area (TPSA) is 119 Å². The Labute approximate surface area is 195 Å². The molecular formula is C22H34N6O4S. The summed E-state index contributed by atoms with van der Waals surface area (Å²) < 4.78 is 27.2. The zero-order valence-electron chi connectivity index (χ0n) is 19.4. The zero-order chi connectivity index (χ0) is 23.4. The molecule has 1 aliphatic carbocycles. The van der Waals surface area contributed by atoms with Crippen LogP contribution in [0, 0.1) is 0 Å². The summed E-state index contributed by atoms with van der Waals surface area (Å²) in [4.78, 5) is 25.7. The Morgan fingerprint density at radius 3 is 2.55 bits per heavy atom. The van der Waals surface area contributed by atoms with Gasteiger partial charge in [0.25, 0.3) is 0 Å². The van der Waals surface area contributed by atoms with Crippen LogP contribution in [-0.2, 0) is 21.2 Å². The zero-order valence-corrected chi connectivity index (χ0v) is 20.2. The molecule has 3 aliphatic heterocycles. The third-order valence-corrected chi connectivity index (χ3v) is 9.96. The molecule has 5 rings (SSSR count). The number of hydrogen-bond acceptors (Lipinski definition) is 8. The van der Waals surface area contributed by atoms with E-state index in [9.17, 15) is 18.3 Å². The van der Waals surface area contributed by atoms with Gasteiger partial charge in [-0.3, -0.25) is 9.69 Å². The minimum atomic E-state index is -3.24. The molecule has 1 amide bonds. The minimum Gasteiger partial charge on any atom is -0.388 e. The lowest BCUT2D eigenvalue weighted by Crippen LogP contribution is -2.58. The molecule has 182 valence electrons. The van der Waals surface area contributed by atoms with Crippen molar-refractivity contribution in [2.75, 3.05) is 43.4 Å². The molecule has 3 fully saturated rings. The fourth-order valence-corrected chi connectivity index (χ4v) is 7.70. The summed E-state index contributed by atoms with van der Waals surface area (Å²) in [5, 5.41) is 13.9. The highest BCUT2D eigenvalue weighted by Crippen LogP contribution is 2.39. The van der Waals surface area contributed by atoms with E-state index in [1.165, 1.54) is 0 Å². The lowest BCUT2D eigenvalue weighted by molar-refractivity contribution is -0.120. The van der Waals surface area contributed by atoms with Gasteiger partial charge in [0.15, 0.2) is 0 Å². The van der Waals surface area contributed by atoms with Gasteiger partial charge in [0.05, 0.1) is 11.6 Å². The Morgan fingerprint density at radius 2 is 1.91 bits per heavy atom. The van der Waals surface area contributed by atoms with E-state index < -0.39 is 15.6 Å². The predicted molar refractivity (Wildman–Crippen MR) is 125 cm³/mol. The van der Waals surface area contributed by atoms with E-state index in [4.69, 9.17) is 4.98 Å². The van der Waals surface area contributed by atoms with Crippen LogP contribution in [0.4, 0.5) is 11.8 Å². The lowest BCUT2D eigenvalue weighted by Gasteiger charge is -2.40. The van der Waals surface area contributed by atoms with Crippen molar-refractivity contribution >= 4 is 27.7 Å². The Morgan fingerprint density at radius 1 is 1.18 bits per heavy atom. The molecule has 0 spiro atoms. The van der Waals surface area contributed by atoms with Crippen LogP contribution in [0.3, 0.4) is 0 Å². The summed E-state index contributed by atoms with van der Waals surface area (Å²) in [6.45, 7) is 3.98. The second-order valence-corrected chi connectivity index (χ2v) is 12.5. The Balaban J connectivity index is 1.27. The Hall–Kier alpha value is -1.82. The van der Waals surface area contributed by atoms with Crippen LogP contribution in [0.15, 0.2) is 6.20 Å². The third-order valence-electron chi connectivity index (χ3n) is 7.74. The van der Waals surface area contributed by atoms with Crippen molar-refractivity contribution in [3.05, 3.63) is 11.8 Å². The number of aromatic nitrogens is 2. The van der Waals surface area contributed by atoms with Gasteiger partial charge in [0, 0.05) is 50.4 Å². The molecular weight excluding hydrogens is 444 g/mol. The second kappa shape index (κ2) is 8.44. The number of carbonyl (C=O) groups is 1. The first kappa shape index (κ1) is 22.9. The molecule has 1 aromatic rings. The predicted octanol–water partition coefficient (Wildman–Crippen LogP) is 0.579. The van der Waals surface area contributed by atoms with Crippen molar-refractivity contribution in [3.63, 3.8) is 0 Å². The minimum absolute atomic E-state index is 0.000482. The number of rotatable bonds is 5. The van der Waals surface area contributed by atoms with Gasteiger partial charge in [-0.15, -0.1) is 0 Å². The number of aliphatic hydroxyl groups is 1. The number of fused-ring (bicyclic) bond motifs is 1. The summed E-state index contributed by atoms with van der Waals surface area (Å²) >= 11 is 0. The van der Waals surface area contributed by atoms with Crippen LogP contribution in [0.1, 0.15) is 51.0 Å². The summed E-state index contributed by atoms with van der Waals surface area (Å²) in [5.41, 5.74) is 0.00495. The number of carbonyl (C=O) groups excluding carboxylic acids is 1. The van der Waals surface area contributed by atoms with Crippen molar-refractivity contribution in [2.45, 2.75) is 74.8 Å². The molecule has 2 atom stereocenters. The van der Waals surface area contributed by atoms with Crippen molar-refractivity contribution in [1.29, 1.82) is 0 Å².